The highest BCUT2D eigenvalue weighted by Gasteiger charge is 2.26. The molecule has 0 spiro atoms. The van der Waals surface area contributed by atoms with Crippen LogP contribution >= 0.6 is 11.6 Å². The van der Waals surface area contributed by atoms with Crippen molar-refractivity contribution in [1.29, 1.82) is 0 Å². The van der Waals surface area contributed by atoms with Gasteiger partial charge in [-0.1, -0.05) is 37.8 Å². The van der Waals surface area contributed by atoms with Crippen molar-refractivity contribution in [2.75, 3.05) is 61.3 Å². The lowest BCUT2D eigenvalue weighted by molar-refractivity contribution is -0.145. The molecule has 22 heteroatoms. The van der Waals surface area contributed by atoms with E-state index in [0.29, 0.717) is 51.8 Å². The van der Waals surface area contributed by atoms with E-state index in [1.165, 1.54) is 0 Å². The number of halogens is 1. The van der Waals surface area contributed by atoms with Gasteiger partial charge in [-0.25, -0.2) is 19.7 Å². The van der Waals surface area contributed by atoms with Crippen LogP contribution in [0.2, 0.25) is 0 Å². The number of piperidine rings is 2. The van der Waals surface area contributed by atoms with Crippen LogP contribution < -0.4 is 45.5 Å². The summed E-state index contributed by atoms with van der Waals surface area (Å²) in [6.45, 7) is 7.75. The number of nitrogens with two attached hydrogens (primary N) is 2. The van der Waals surface area contributed by atoms with Crippen molar-refractivity contribution in [2.24, 2.45) is 5.73 Å². The first-order valence-electron chi connectivity index (χ1n) is 30.4. The van der Waals surface area contributed by atoms with Gasteiger partial charge in [0.05, 0.1) is 32.2 Å². The number of ether oxygens (including phenoxy) is 6. The monoisotopic (exact) mass is 1260 g/mol. The molecule has 21 nitrogen and oxygen atoms in total. The summed E-state index contributed by atoms with van der Waals surface area (Å²) in [5.74, 6) is 2.97. The predicted molar refractivity (Wildman–Crippen MR) is 353 cm³/mol. The van der Waals surface area contributed by atoms with Crippen molar-refractivity contribution in [3.8, 4) is 40.1 Å². The molecule has 8 aromatic rings. The zero-order chi connectivity index (χ0) is 63.3. The van der Waals surface area contributed by atoms with Gasteiger partial charge in [0, 0.05) is 134 Å². The van der Waals surface area contributed by atoms with Gasteiger partial charge < -0.3 is 68.7 Å². The molecule has 0 aliphatic carbocycles. The maximum atomic E-state index is 12.7. The highest BCUT2D eigenvalue weighted by molar-refractivity contribution is 6.17. The van der Waals surface area contributed by atoms with Gasteiger partial charge in [-0.2, -0.15) is 0 Å². The molecule has 482 valence electrons. The molecule has 12 rings (SSSR count). The predicted octanol–water partition coefficient (Wildman–Crippen LogP) is 11.9. The number of nitrogens with one attached hydrogen (secondary N) is 1. The van der Waals surface area contributed by atoms with E-state index >= 15 is 0 Å². The standard InChI is InChI=1S/C24H26N4O3.C18H21N3O2.C9H15ClO3.C9H9N3.C8H9NO2.CH4/c29-24(26-15-18-7-8-22-23(12-18)31-17-30-22)14-21-4-1-2-10-28(21)20-6-3-5-19(13-20)27-11-9-25-16-27;1-2-23-18(22)13-17-6-3-4-10-21(17)16-8-5-7-15(12-16)20-11-9-19-14-20;1-2-13-9(12)7-8(11)5-3-4-6-10;10-8-2-1-3-9(6-8)12-5-4-11-7-12;9-4-6-1-2-7-8(3-6)11-5-10-7;/h3,5-9,11-13,16,21H,1-2,4,10,14-15,17H2,(H,26,29);5,7-9,11-14H,2-4,6,10H2,1H3;2-7H2,1H3;1-7H,10H2;1-3H,4-5,9H2;1H4/b;17-13+;;;;. The fraction of sp³-hybridized carbons (Fsp3) is 0.348. The van der Waals surface area contributed by atoms with Crippen LogP contribution in [0.5, 0.6) is 23.0 Å². The molecular formula is C69H84ClN11O10. The van der Waals surface area contributed by atoms with E-state index in [1.54, 1.807) is 50.6 Å². The Morgan fingerprint density at radius 2 is 1.21 bits per heavy atom. The number of carbonyl (C=O) groups is 4. The van der Waals surface area contributed by atoms with Gasteiger partial charge in [0.2, 0.25) is 19.5 Å². The third-order valence-electron chi connectivity index (χ3n) is 14.7. The van der Waals surface area contributed by atoms with Crippen LogP contribution in [-0.2, 0) is 41.7 Å². The highest BCUT2D eigenvalue weighted by Crippen LogP contribution is 2.34. The van der Waals surface area contributed by atoms with Gasteiger partial charge >= 0.3 is 11.9 Å². The Morgan fingerprint density at radius 1 is 0.648 bits per heavy atom. The van der Waals surface area contributed by atoms with Gasteiger partial charge in [0.1, 0.15) is 12.2 Å². The fourth-order valence-electron chi connectivity index (χ4n) is 10.2. The van der Waals surface area contributed by atoms with Gasteiger partial charge in [-0.3, -0.25) is 14.4 Å². The lowest BCUT2D eigenvalue weighted by Gasteiger charge is -2.37. The first-order valence-corrected chi connectivity index (χ1v) is 30.9. The number of hydrogen-bond donors (Lipinski definition) is 3. The minimum absolute atomic E-state index is 0. The Morgan fingerprint density at radius 3 is 1.80 bits per heavy atom. The molecule has 2 saturated heterocycles. The lowest BCUT2D eigenvalue weighted by Crippen LogP contribution is -2.42. The molecule has 0 saturated carbocycles. The number of carbonyl (C=O) groups excluding carboxylic acids is 4. The summed E-state index contributed by atoms with van der Waals surface area (Å²) in [6.07, 6.45) is 26.8. The number of unbranched alkanes of at least 4 members (excludes halogenated alkanes) is 1. The number of anilines is 3. The Hall–Kier alpha value is -9.60. The number of fused-ring (bicyclic) bond motifs is 2. The molecule has 4 aliphatic rings. The maximum Gasteiger partial charge on any atom is 0.332 e. The van der Waals surface area contributed by atoms with Crippen LogP contribution in [0.4, 0.5) is 17.1 Å². The van der Waals surface area contributed by atoms with Crippen LogP contribution in [0.3, 0.4) is 0 Å². The number of rotatable bonds is 19. The van der Waals surface area contributed by atoms with Crippen molar-refractivity contribution in [3.63, 3.8) is 0 Å². The van der Waals surface area contributed by atoms with Gasteiger partial charge in [0.15, 0.2) is 23.0 Å². The largest absolute Gasteiger partial charge is 0.466 e. The average Bonchev–Trinajstić information content (AvgIpc) is 1.88. The van der Waals surface area contributed by atoms with Crippen LogP contribution in [0.1, 0.15) is 103 Å². The molecule has 4 aliphatic heterocycles. The Balaban J connectivity index is 0.000000172. The zero-order valence-electron chi connectivity index (χ0n) is 51.1. The fourth-order valence-corrected chi connectivity index (χ4v) is 10.4. The van der Waals surface area contributed by atoms with Gasteiger partial charge in [0.25, 0.3) is 0 Å². The van der Waals surface area contributed by atoms with Crippen molar-refractivity contribution < 1.29 is 47.6 Å². The number of amides is 1. The number of aromatic nitrogens is 6. The number of esters is 2. The number of ketones is 1. The number of hydrogen-bond acceptors (Lipinski definition) is 17. The molecule has 0 bridgehead atoms. The summed E-state index contributed by atoms with van der Waals surface area (Å²) in [5, 5.41) is 3.07. The van der Waals surface area contributed by atoms with Gasteiger partial charge in [-0.15, -0.1) is 11.6 Å². The minimum atomic E-state index is -0.432. The van der Waals surface area contributed by atoms with E-state index in [2.05, 4.69) is 71.2 Å². The number of nitrogen functional groups attached to an aromatic ring is 1. The van der Waals surface area contributed by atoms with Crippen LogP contribution in [0.15, 0.2) is 177 Å². The summed E-state index contributed by atoms with van der Waals surface area (Å²) >= 11 is 5.44. The van der Waals surface area contributed by atoms with Crippen LogP contribution in [0.25, 0.3) is 17.1 Å². The van der Waals surface area contributed by atoms with Crippen LogP contribution in [-0.4, -0.2) is 104 Å². The quantitative estimate of drug-likeness (QED) is 0.0170. The van der Waals surface area contributed by atoms with E-state index in [0.717, 1.165) is 138 Å². The summed E-state index contributed by atoms with van der Waals surface area (Å²) in [4.78, 5) is 63.2. The third-order valence-corrected chi connectivity index (χ3v) is 15.0. The van der Waals surface area contributed by atoms with E-state index in [1.807, 2.05) is 112 Å². The Bertz CT molecular complexity index is 3550. The van der Waals surface area contributed by atoms with Crippen molar-refractivity contribution >= 4 is 52.3 Å². The SMILES string of the molecule is C.CCOC(=O)/C=C1\CCCCN1c1cccc(-n2ccnc2)c1.CCOC(=O)CC(=O)CCCCCl.NCc1ccc2c(c1)OCO2.Nc1cccc(-n2ccnc2)c1.O=C(CC1CCCCN1c1cccc(-n2ccnc2)c1)NCc1ccc2c(c1)OCO2. The number of alkyl halides is 1. The molecule has 3 aromatic heterocycles. The van der Waals surface area contributed by atoms with Crippen molar-refractivity contribution in [1.82, 2.24) is 34.0 Å². The second kappa shape index (κ2) is 36.8. The van der Waals surface area contributed by atoms with Gasteiger partial charge in [-0.05, 0) is 155 Å². The van der Waals surface area contributed by atoms with E-state index < -0.39 is 5.97 Å². The summed E-state index contributed by atoms with van der Waals surface area (Å²) in [6, 6.07) is 36.1. The van der Waals surface area contributed by atoms with Crippen LogP contribution in [0, 0.1) is 0 Å². The zero-order valence-corrected chi connectivity index (χ0v) is 51.8. The molecule has 7 heterocycles. The molecule has 2 fully saturated rings. The minimum Gasteiger partial charge on any atom is -0.466 e. The van der Waals surface area contributed by atoms with Crippen molar-refractivity contribution in [3.05, 3.63) is 188 Å². The molecule has 1 atom stereocenters. The lowest BCUT2D eigenvalue weighted by atomic mass is 9.98. The smallest absolute Gasteiger partial charge is 0.332 e. The molecule has 0 radical (unpaired) electrons. The molecule has 91 heavy (non-hydrogen) atoms. The molecular weight excluding hydrogens is 1180 g/mol. The van der Waals surface area contributed by atoms with E-state index in [-0.39, 0.29) is 44.3 Å². The highest BCUT2D eigenvalue weighted by atomic mass is 35.5. The topological polar surface area (TPSA) is 248 Å². The number of nitrogens with zero attached hydrogens (tertiary/aromatic N) is 8. The second-order valence-corrected chi connectivity index (χ2v) is 21.5. The average molecular weight is 1260 g/mol. The Labute approximate surface area is 537 Å². The first-order chi connectivity index (χ1) is 44.0. The van der Waals surface area contributed by atoms with E-state index in [9.17, 15) is 19.2 Å². The second-order valence-electron chi connectivity index (χ2n) is 21.1. The molecule has 5 N–H and O–H groups in total. The summed E-state index contributed by atoms with van der Waals surface area (Å²) < 4.78 is 36.6. The Kier molecular flexibility index (Phi) is 27.8. The normalized spacial score (nSPS) is 14.5. The third kappa shape index (κ3) is 21.6. The number of imidazole rings is 3. The molecule has 5 aromatic carbocycles. The molecule has 1 amide bonds. The van der Waals surface area contributed by atoms with Crippen molar-refractivity contribution in [2.45, 2.75) is 111 Å². The maximum absolute atomic E-state index is 12.7. The number of allylic oxidation sites excluding steroid dienone is 1. The summed E-state index contributed by atoms with van der Waals surface area (Å²) in [5.41, 5.74) is 20.3. The molecule has 1 unspecified atom stereocenters. The summed E-state index contributed by atoms with van der Waals surface area (Å²) in [7, 11) is 0. The number of benzene rings is 5. The van der Waals surface area contributed by atoms with E-state index in [4.69, 9.17) is 46.8 Å². The number of Topliss-reactive ketones (excluding diaryl/α,β-unsaturated/α-hetero) is 1. The first kappa shape index (κ1) is 68.9.